The lowest BCUT2D eigenvalue weighted by Gasteiger charge is -2.18. The summed E-state index contributed by atoms with van der Waals surface area (Å²) < 4.78 is 13.8. The van der Waals surface area contributed by atoms with E-state index in [1.54, 1.807) is 17.4 Å². The third-order valence-corrected chi connectivity index (χ3v) is 4.18. The van der Waals surface area contributed by atoms with E-state index in [0.717, 1.165) is 35.7 Å². The van der Waals surface area contributed by atoms with Crippen molar-refractivity contribution in [2.24, 2.45) is 0 Å². The fourth-order valence-electron chi connectivity index (χ4n) is 2.20. The first-order chi connectivity index (χ1) is 9.69. The number of hydrogen-bond acceptors (Lipinski definition) is 3. The Labute approximate surface area is 124 Å². The number of nitrogens with one attached hydrogen (secondary N) is 1. The lowest BCUT2D eigenvalue weighted by atomic mass is 10.0. The van der Waals surface area contributed by atoms with Crippen LogP contribution in [0.5, 0.6) is 0 Å². The molecule has 0 radical (unpaired) electrons. The minimum atomic E-state index is -0.119. The number of rotatable bonds is 7. The van der Waals surface area contributed by atoms with Gasteiger partial charge in [-0.05, 0) is 37.9 Å². The molecule has 0 spiro atoms. The van der Waals surface area contributed by atoms with E-state index < -0.39 is 0 Å². The molecule has 2 aromatic rings. The van der Waals surface area contributed by atoms with Crippen LogP contribution in [0, 0.1) is 12.7 Å². The summed E-state index contributed by atoms with van der Waals surface area (Å²) in [6.45, 7) is 5.09. The zero-order valence-corrected chi connectivity index (χ0v) is 12.8. The first kappa shape index (κ1) is 15.1. The topological polar surface area (TPSA) is 24.9 Å². The molecule has 1 aromatic carbocycles. The Morgan fingerprint density at radius 2 is 2.10 bits per heavy atom. The van der Waals surface area contributed by atoms with E-state index in [-0.39, 0.29) is 11.9 Å². The van der Waals surface area contributed by atoms with E-state index in [2.05, 4.69) is 22.6 Å². The summed E-state index contributed by atoms with van der Waals surface area (Å²) in [5, 5.41) is 6.69. The van der Waals surface area contributed by atoms with Crippen molar-refractivity contribution < 1.29 is 4.39 Å². The molecule has 108 valence electrons. The van der Waals surface area contributed by atoms with Crippen molar-refractivity contribution in [2.75, 3.05) is 6.54 Å². The molecule has 1 heterocycles. The van der Waals surface area contributed by atoms with E-state index in [4.69, 9.17) is 0 Å². The first-order valence-corrected chi connectivity index (χ1v) is 7.94. The summed E-state index contributed by atoms with van der Waals surface area (Å²) in [5.74, 6) is -0.119. The smallest absolute Gasteiger partial charge is 0.126 e. The monoisotopic (exact) mass is 292 g/mol. The fraction of sp³-hybridized carbons (Fsp3) is 0.438. The number of aryl methyl sites for hydroxylation is 1. The van der Waals surface area contributed by atoms with E-state index >= 15 is 0 Å². The Balaban J connectivity index is 2.05. The van der Waals surface area contributed by atoms with Gasteiger partial charge in [0.15, 0.2) is 0 Å². The number of nitrogens with zero attached hydrogens (tertiary/aromatic N) is 1. The molecular formula is C16H21FN2S. The van der Waals surface area contributed by atoms with Crippen LogP contribution < -0.4 is 5.32 Å². The Bertz CT molecular complexity index is 539. The third-order valence-electron chi connectivity index (χ3n) is 3.19. The largest absolute Gasteiger partial charge is 0.313 e. The summed E-state index contributed by atoms with van der Waals surface area (Å²) >= 11 is 1.68. The third kappa shape index (κ3) is 4.39. The highest BCUT2D eigenvalue weighted by Gasteiger charge is 2.14. The maximum absolute atomic E-state index is 13.8. The zero-order valence-electron chi connectivity index (χ0n) is 12.0. The van der Waals surface area contributed by atoms with Gasteiger partial charge in [-0.15, -0.1) is 11.3 Å². The molecule has 0 aliphatic rings. The second-order valence-corrected chi connectivity index (χ2v) is 5.98. The van der Waals surface area contributed by atoms with Gasteiger partial charge in [-0.25, -0.2) is 9.37 Å². The maximum atomic E-state index is 13.8. The number of thiazole rings is 1. The van der Waals surface area contributed by atoms with Crippen LogP contribution in [0.15, 0.2) is 29.6 Å². The van der Waals surface area contributed by atoms with E-state index in [1.165, 1.54) is 6.07 Å². The van der Waals surface area contributed by atoms with Crippen molar-refractivity contribution in [1.82, 2.24) is 10.3 Å². The van der Waals surface area contributed by atoms with Crippen molar-refractivity contribution in [3.63, 3.8) is 0 Å². The van der Waals surface area contributed by atoms with Gasteiger partial charge in [-0.1, -0.05) is 25.1 Å². The van der Waals surface area contributed by atoms with Crippen molar-refractivity contribution in [3.05, 3.63) is 51.7 Å². The summed E-state index contributed by atoms with van der Waals surface area (Å²) in [6, 6.07) is 7.25. The summed E-state index contributed by atoms with van der Waals surface area (Å²) in [6.07, 6.45) is 2.63. The van der Waals surface area contributed by atoms with Gasteiger partial charge in [0.2, 0.25) is 0 Å². The molecule has 1 unspecified atom stereocenters. The van der Waals surface area contributed by atoms with Crippen LogP contribution in [0.2, 0.25) is 0 Å². The maximum Gasteiger partial charge on any atom is 0.126 e. The highest BCUT2D eigenvalue weighted by Crippen LogP contribution is 2.15. The number of aromatic nitrogens is 1. The van der Waals surface area contributed by atoms with Crippen LogP contribution in [0.3, 0.4) is 0 Å². The molecule has 1 atom stereocenters. The normalized spacial score (nSPS) is 12.6. The zero-order chi connectivity index (χ0) is 14.4. The molecule has 0 aliphatic heterocycles. The van der Waals surface area contributed by atoms with Gasteiger partial charge in [0, 0.05) is 23.5 Å². The standard InChI is InChI=1S/C16H21FN2S/c1-3-8-18-14(10-16-19-12(2)11-20-16)9-13-6-4-5-7-15(13)17/h4-7,11,14,18H,3,8-10H2,1-2H3. The van der Waals surface area contributed by atoms with Crippen LogP contribution >= 0.6 is 11.3 Å². The summed E-state index contributed by atoms with van der Waals surface area (Å²) in [5.41, 5.74) is 1.83. The van der Waals surface area contributed by atoms with Gasteiger partial charge in [0.1, 0.15) is 5.82 Å². The number of halogens is 1. The van der Waals surface area contributed by atoms with Crippen molar-refractivity contribution in [1.29, 1.82) is 0 Å². The molecule has 1 N–H and O–H groups in total. The van der Waals surface area contributed by atoms with Gasteiger partial charge < -0.3 is 5.32 Å². The van der Waals surface area contributed by atoms with E-state index in [0.29, 0.717) is 6.42 Å². The number of hydrogen-bond donors (Lipinski definition) is 1. The molecule has 0 aliphatic carbocycles. The molecule has 0 amide bonds. The summed E-state index contributed by atoms with van der Waals surface area (Å²) in [7, 11) is 0. The summed E-state index contributed by atoms with van der Waals surface area (Å²) in [4.78, 5) is 4.51. The van der Waals surface area contributed by atoms with Crippen LogP contribution in [0.1, 0.15) is 29.6 Å². The molecule has 4 heteroatoms. The molecule has 0 bridgehead atoms. The molecule has 2 nitrogen and oxygen atoms in total. The Hall–Kier alpha value is -1.26. The molecule has 2 rings (SSSR count). The molecule has 20 heavy (non-hydrogen) atoms. The van der Waals surface area contributed by atoms with Gasteiger partial charge in [-0.3, -0.25) is 0 Å². The quantitative estimate of drug-likeness (QED) is 0.841. The number of benzene rings is 1. The molecule has 0 saturated heterocycles. The average Bonchev–Trinajstić information content (AvgIpc) is 2.84. The Morgan fingerprint density at radius 3 is 2.75 bits per heavy atom. The van der Waals surface area contributed by atoms with Crippen LogP contribution in [0.4, 0.5) is 4.39 Å². The second kappa shape index (κ2) is 7.50. The highest BCUT2D eigenvalue weighted by molar-refractivity contribution is 7.09. The molecule has 0 saturated carbocycles. The molecule has 0 fully saturated rings. The van der Waals surface area contributed by atoms with Crippen molar-refractivity contribution >= 4 is 11.3 Å². The van der Waals surface area contributed by atoms with Gasteiger partial charge in [0.05, 0.1) is 5.01 Å². The van der Waals surface area contributed by atoms with Gasteiger partial charge in [-0.2, -0.15) is 0 Å². The van der Waals surface area contributed by atoms with Crippen LogP contribution in [0.25, 0.3) is 0 Å². The SMILES string of the molecule is CCCNC(Cc1nc(C)cs1)Cc1ccccc1F. The first-order valence-electron chi connectivity index (χ1n) is 7.06. The molecule has 1 aromatic heterocycles. The lowest BCUT2D eigenvalue weighted by Crippen LogP contribution is -2.34. The second-order valence-electron chi connectivity index (χ2n) is 5.03. The Kier molecular flexibility index (Phi) is 5.68. The average molecular weight is 292 g/mol. The fourth-order valence-corrected chi connectivity index (χ4v) is 3.06. The lowest BCUT2D eigenvalue weighted by molar-refractivity contribution is 0.491. The van der Waals surface area contributed by atoms with E-state index in [1.807, 2.05) is 19.1 Å². The highest BCUT2D eigenvalue weighted by atomic mass is 32.1. The van der Waals surface area contributed by atoms with Gasteiger partial charge >= 0.3 is 0 Å². The predicted molar refractivity (Wildman–Crippen MR) is 82.7 cm³/mol. The van der Waals surface area contributed by atoms with Crippen molar-refractivity contribution in [3.8, 4) is 0 Å². The van der Waals surface area contributed by atoms with E-state index in [9.17, 15) is 4.39 Å². The predicted octanol–water partition coefficient (Wildman–Crippen LogP) is 3.74. The van der Waals surface area contributed by atoms with Gasteiger partial charge in [0.25, 0.3) is 0 Å². The Morgan fingerprint density at radius 1 is 1.30 bits per heavy atom. The van der Waals surface area contributed by atoms with Crippen LogP contribution in [-0.4, -0.2) is 17.6 Å². The molecular weight excluding hydrogens is 271 g/mol. The van der Waals surface area contributed by atoms with Crippen molar-refractivity contribution in [2.45, 2.75) is 39.2 Å². The minimum Gasteiger partial charge on any atom is -0.313 e. The minimum absolute atomic E-state index is 0.119. The van der Waals surface area contributed by atoms with Crippen LogP contribution in [-0.2, 0) is 12.8 Å².